The Morgan fingerprint density at radius 1 is 1.11 bits per heavy atom. The van der Waals surface area contributed by atoms with E-state index < -0.39 is 6.10 Å². The number of aromatic nitrogens is 3. The van der Waals surface area contributed by atoms with Gasteiger partial charge in [0.25, 0.3) is 0 Å². The Hall–Kier alpha value is -3.47. The summed E-state index contributed by atoms with van der Waals surface area (Å²) in [5.74, 6) is 1.23. The number of hydrogen-bond donors (Lipinski definition) is 3. The van der Waals surface area contributed by atoms with Crippen LogP contribution in [0.15, 0.2) is 48.2 Å². The molecule has 3 aliphatic heterocycles. The lowest BCUT2D eigenvalue weighted by atomic mass is 9.56. The first-order valence-electron chi connectivity index (χ1n) is 16.3. The minimum absolute atomic E-state index is 0.0302. The van der Waals surface area contributed by atoms with E-state index in [1.807, 2.05) is 18.2 Å². The molecule has 1 aromatic carbocycles. The molecule has 5 aliphatic rings. The molecule has 4 fully saturated rings. The van der Waals surface area contributed by atoms with Crippen molar-refractivity contribution in [2.24, 2.45) is 17.3 Å². The third-order valence-corrected chi connectivity index (χ3v) is 10.8. The first-order valence-corrected chi connectivity index (χ1v) is 16.3. The fourth-order valence-corrected chi connectivity index (χ4v) is 8.26. The predicted molar refractivity (Wildman–Crippen MR) is 165 cm³/mol. The third-order valence-electron chi connectivity index (χ3n) is 10.8. The van der Waals surface area contributed by atoms with Crippen LogP contribution in [0.2, 0.25) is 0 Å². The molecule has 2 saturated heterocycles. The second kappa shape index (κ2) is 10.6. The maximum absolute atomic E-state index is 13.3. The molecule has 1 amide bonds. The quantitative estimate of drug-likeness (QED) is 0.369. The van der Waals surface area contributed by atoms with Gasteiger partial charge in [-0.3, -0.25) is 9.69 Å². The fraction of sp³-hybridized carbons (Fsp3) is 0.559. The number of nitrogens with zero attached hydrogens (tertiary/aromatic N) is 5. The number of hydroxylamine groups is 1. The van der Waals surface area contributed by atoms with Gasteiger partial charge in [0, 0.05) is 49.4 Å². The van der Waals surface area contributed by atoms with Crippen LogP contribution in [-0.2, 0) is 9.63 Å². The van der Waals surface area contributed by atoms with Crippen LogP contribution in [0.4, 0.5) is 0 Å². The molecule has 10 heteroatoms. The van der Waals surface area contributed by atoms with Gasteiger partial charge in [0.1, 0.15) is 29.1 Å². The van der Waals surface area contributed by atoms with Crippen molar-refractivity contribution >= 4 is 16.9 Å². The normalized spacial score (nSPS) is 26.0. The number of aromatic hydroxyl groups is 1. The van der Waals surface area contributed by atoms with Gasteiger partial charge < -0.3 is 24.5 Å². The second-order valence-corrected chi connectivity index (χ2v) is 14.2. The van der Waals surface area contributed by atoms with Crippen molar-refractivity contribution in [1.29, 1.82) is 0 Å². The average molecular weight is 599 g/mol. The van der Waals surface area contributed by atoms with Gasteiger partial charge in [0.2, 0.25) is 5.91 Å². The van der Waals surface area contributed by atoms with Gasteiger partial charge >= 0.3 is 0 Å². The first-order chi connectivity index (χ1) is 21.3. The van der Waals surface area contributed by atoms with Gasteiger partial charge in [-0.25, -0.2) is 0 Å². The van der Waals surface area contributed by atoms with Gasteiger partial charge in [0.05, 0.1) is 17.3 Å². The van der Waals surface area contributed by atoms with Crippen molar-refractivity contribution in [3.8, 4) is 17.0 Å². The Balaban J connectivity index is 0.959. The van der Waals surface area contributed by atoms with E-state index in [4.69, 9.17) is 4.84 Å². The number of phenols is 1. The van der Waals surface area contributed by atoms with E-state index in [-0.39, 0.29) is 29.7 Å². The minimum atomic E-state index is -0.427. The number of para-hydroxylation sites is 1. The third kappa shape index (κ3) is 4.61. The Labute approximate surface area is 257 Å². The largest absolute Gasteiger partial charge is 0.507 e. The molecule has 1 spiro atoms. The molecule has 0 radical (unpaired) electrons. The topological polar surface area (TPSA) is 116 Å². The van der Waals surface area contributed by atoms with Crippen molar-refractivity contribution in [3.05, 3.63) is 53.9 Å². The number of phenolic OH excluding ortho intramolecular Hbond substituents is 1. The number of carbonyl (C=O) groups is 1. The molecule has 5 heterocycles. The van der Waals surface area contributed by atoms with E-state index in [9.17, 15) is 15.0 Å². The molecule has 2 saturated carbocycles. The lowest BCUT2D eigenvalue weighted by Crippen LogP contribution is -2.65. The molecule has 232 valence electrons. The molecule has 3 unspecified atom stereocenters. The monoisotopic (exact) mass is 598 g/mol. The number of β-amino-alcohol motifs (C(OH)–C–C–N with tert-alkyl or cyclic N) is 1. The highest BCUT2D eigenvalue weighted by Crippen LogP contribution is 2.58. The van der Waals surface area contributed by atoms with Crippen LogP contribution < -0.4 is 5.48 Å². The number of carbonyl (C=O) groups excluding carboxylic acids is 1. The molecule has 2 aromatic heterocycles. The van der Waals surface area contributed by atoms with Crippen LogP contribution in [0.5, 0.6) is 5.75 Å². The number of hydrogen-bond acceptors (Lipinski definition) is 8. The summed E-state index contributed by atoms with van der Waals surface area (Å²) in [7, 11) is 0. The number of nitrogens with one attached hydrogen (secondary N) is 1. The SMILES string of the molecule is CC(C)C(C(=O)N1CCC(O)C1)C1=CC(N2CC3(CC(c4cc5nnc(-c6ccccc6O)cc5n4C4CCC4)C3)C2)NO1. The van der Waals surface area contributed by atoms with Crippen molar-refractivity contribution in [1.82, 2.24) is 30.0 Å². The Morgan fingerprint density at radius 3 is 2.59 bits per heavy atom. The van der Waals surface area contributed by atoms with Crippen LogP contribution >= 0.6 is 0 Å². The standard InChI is InChI=1S/C34H42N6O4/c1-20(2)32(33(43)38-11-10-23(41)17-38)30-14-31(37-44-30)39-18-34(19-39)15-21(16-34)27-13-26-28(40(27)22-6-5-7-22)12-25(35-36-26)24-8-3-4-9-29(24)42/h3-4,8-9,12-14,20-23,31-32,37,41-42H,5-7,10-11,15-19H2,1-2H3. The van der Waals surface area contributed by atoms with E-state index in [0.717, 1.165) is 37.0 Å². The summed E-state index contributed by atoms with van der Waals surface area (Å²) in [6, 6.07) is 12.2. The van der Waals surface area contributed by atoms with Gasteiger partial charge in [-0.1, -0.05) is 26.0 Å². The summed E-state index contributed by atoms with van der Waals surface area (Å²) in [5, 5.41) is 29.5. The number of likely N-dealkylation sites (tertiary alicyclic amines) is 2. The van der Waals surface area contributed by atoms with E-state index >= 15 is 0 Å². The summed E-state index contributed by atoms with van der Waals surface area (Å²) in [6.07, 6.45) is 8.22. The van der Waals surface area contributed by atoms with E-state index in [0.29, 0.717) is 53.9 Å². The van der Waals surface area contributed by atoms with Gasteiger partial charge in [-0.05, 0) is 80.2 Å². The molecular weight excluding hydrogens is 556 g/mol. The zero-order valence-corrected chi connectivity index (χ0v) is 25.5. The molecule has 44 heavy (non-hydrogen) atoms. The smallest absolute Gasteiger partial charge is 0.233 e. The van der Waals surface area contributed by atoms with Gasteiger partial charge in [-0.2, -0.15) is 0 Å². The van der Waals surface area contributed by atoms with E-state index in [1.165, 1.54) is 25.0 Å². The molecule has 8 rings (SSSR count). The molecular formula is C34H42N6O4. The highest BCUT2D eigenvalue weighted by molar-refractivity contribution is 5.83. The molecule has 2 aliphatic carbocycles. The van der Waals surface area contributed by atoms with Gasteiger partial charge in [-0.15, -0.1) is 15.7 Å². The van der Waals surface area contributed by atoms with E-state index in [2.05, 4.69) is 57.2 Å². The Morgan fingerprint density at radius 2 is 1.91 bits per heavy atom. The lowest BCUT2D eigenvalue weighted by Gasteiger charge is -2.60. The van der Waals surface area contributed by atoms with Crippen LogP contribution in [0, 0.1) is 17.3 Å². The van der Waals surface area contributed by atoms with Crippen LogP contribution in [-0.4, -0.2) is 79.1 Å². The Kier molecular flexibility index (Phi) is 6.73. The molecule has 3 atom stereocenters. The van der Waals surface area contributed by atoms with Crippen molar-refractivity contribution in [3.63, 3.8) is 0 Å². The zero-order chi connectivity index (χ0) is 30.2. The highest BCUT2D eigenvalue weighted by atomic mass is 16.7. The average Bonchev–Trinajstić information content (AvgIpc) is 3.66. The van der Waals surface area contributed by atoms with Crippen molar-refractivity contribution in [2.75, 3.05) is 26.2 Å². The molecule has 0 bridgehead atoms. The number of aliphatic hydroxyl groups is 1. The molecule has 3 N–H and O–H groups in total. The summed E-state index contributed by atoms with van der Waals surface area (Å²) in [6.45, 7) is 7.14. The number of rotatable bonds is 7. The summed E-state index contributed by atoms with van der Waals surface area (Å²) < 4.78 is 2.54. The van der Waals surface area contributed by atoms with Crippen molar-refractivity contribution in [2.45, 2.75) is 76.6 Å². The Bertz CT molecular complexity index is 1610. The summed E-state index contributed by atoms with van der Waals surface area (Å²) >= 11 is 0. The first kappa shape index (κ1) is 28.0. The van der Waals surface area contributed by atoms with Crippen LogP contribution in [0.3, 0.4) is 0 Å². The van der Waals surface area contributed by atoms with Crippen LogP contribution in [0.1, 0.15) is 70.0 Å². The fourth-order valence-electron chi connectivity index (χ4n) is 8.26. The maximum Gasteiger partial charge on any atom is 0.233 e. The second-order valence-electron chi connectivity index (χ2n) is 14.2. The van der Waals surface area contributed by atoms with Crippen LogP contribution in [0.25, 0.3) is 22.3 Å². The minimum Gasteiger partial charge on any atom is -0.507 e. The summed E-state index contributed by atoms with van der Waals surface area (Å²) in [5.41, 5.74) is 8.35. The highest BCUT2D eigenvalue weighted by Gasteiger charge is 2.55. The molecule has 3 aromatic rings. The van der Waals surface area contributed by atoms with Crippen molar-refractivity contribution < 1.29 is 19.8 Å². The number of fused-ring (bicyclic) bond motifs is 1. The number of benzene rings is 1. The van der Waals surface area contributed by atoms with E-state index in [1.54, 1.807) is 11.0 Å². The summed E-state index contributed by atoms with van der Waals surface area (Å²) in [4.78, 5) is 23.4. The molecule has 10 nitrogen and oxygen atoms in total. The zero-order valence-electron chi connectivity index (χ0n) is 25.5. The van der Waals surface area contributed by atoms with Gasteiger partial charge in [0.15, 0.2) is 0 Å². The number of aliphatic hydroxyl groups excluding tert-OH is 1. The number of amides is 1. The lowest BCUT2D eigenvalue weighted by molar-refractivity contribution is -0.137. The maximum atomic E-state index is 13.3. The predicted octanol–water partition coefficient (Wildman–Crippen LogP) is 4.32.